The van der Waals surface area contributed by atoms with Gasteiger partial charge in [-0.2, -0.15) is 0 Å². The molecule has 1 amide bonds. The van der Waals surface area contributed by atoms with Crippen molar-refractivity contribution in [2.45, 2.75) is 19.8 Å². The van der Waals surface area contributed by atoms with Crippen molar-refractivity contribution in [2.24, 2.45) is 5.92 Å². The molecule has 0 saturated carbocycles. The molecule has 0 bridgehead atoms. The van der Waals surface area contributed by atoms with Gasteiger partial charge in [-0.1, -0.05) is 29.8 Å². The van der Waals surface area contributed by atoms with Crippen molar-refractivity contribution in [3.63, 3.8) is 0 Å². The summed E-state index contributed by atoms with van der Waals surface area (Å²) in [6.45, 7) is 3.84. The summed E-state index contributed by atoms with van der Waals surface area (Å²) in [6, 6.07) is 8.25. The largest absolute Gasteiger partial charge is 0.316 e. The van der Waals surface area contributed by atoms with Crippen molar-refractivity contribution in [3.8, 4) is 11.3 Å². The van der Waals surface area contributed by atoms with Crippen LogP contribution in [0.25, 0.3) is 11.3 Å². The van der Waals surface area contributed by atoms with Crippen LogP contribution in [0.5, 0.6) is 0 Å². The van der Waals surface area contributed by atoms with Crippen LogP contribution in [0.3, 0.4) is 0 Å². The minimum Gasteiger partial charge on any atom is -0.316 e. The Morgan fingerprint density at radius 2 is 2.14 bits per heavy atom. The summed E-state index contributed by atoms with van der Waals surface area (Å²) in [4.78, 5) is 16.7. The fourth-order valence-corrected chi connectivity index (χ4v) is 3.19. The molecule has 3 rings (SSSR count). The normalized spacial score (nSPS) is 17.6. The van der Waals surface area contributed by atoms with Gasteiger partial charge in [-0.3, -0.25) is 4.79 Å². The van der Waals surface area contributed by atoms with Crippen LogP contribution < -0.4 is 10.6 Å². The van der Waals surface area contributed by atoms with E-state index in [0.717, 1.165) is 37.2 Å². The first kappa shape index (κ1) is 16.9. The number of rotatable bonds is 3. The molecule has 1 aromatic carbocycles. The van der Waals surface area contributed by atoms with E-state index >= 15 is 0 Å². The fourth-order valence-electron chi connectivity index (χ4n) is 2.47. The van der Waals surface area contributed by atoms with E-state index in [1.165, 1.54) is 16.9 Å². The zero-order chi connectivity index (χ0) is 14.7. The van der Waals surface area contributed by atoms with Gasteiger partial charge in [0, 0.05) is 17.5 Å². The molecule has 1 fully saturated rings. The molecule has 118 valence electrons. The Balaban J connectivity index is 0.00000176. The van der Waals surface area contributed by atoms with E-state index in [0.29, 0.717) is 5.13 Å². The lowest BCUT2D eigenvalue weighted by atomic mass is 9.99. The molecule has 2 heterocycles. The van der Waals surface area contributed by atoms with E-state index in [4.69, 9.17) is 0 Å². The topological polar surface area (TPSA) is 54.0 Å². The molecule has 1 atom stereocenters. The van der Waals surface area contributed by atoms with Crippen LogP contribution in [0.1, 0.15) is 18.4 Å². The molecule has 6 heteroatoms. The highest BCUT2D eigenvalue weighted by Crippen LogP contribution is 2.25. The van der Waals surface area contributed by atoms with E-state index in [2.05, 4.69) is 46.8 Å². The fraction of sp³-hybridized carbons (Fsp3) is 0.375. The first-order valence-corrected chi connectivity index (χ1v) is 8.14. The van der Waals surface area contributed by atoms with Crippen molar-refractivity contribution in [2.75, 3.05) is 18.4 Å². The van der Waals surface area contributed by atoms with E-state index in [9.17, 15) is 4.79 Å². The number of nitrogens with zero attached hydrogens (tertiary/aromatic N) is 1. The quantitative estimate of drug-likeness (QED) is 0.901. The maximum absolute atomic E-state index is 12.2. The van der Waals surface area contributed by atoms with Crippen molar-refractivity contribution in [3.05, 3.63) is 35.2 Å². The Morgan fingerprint density at radius 1 is 1.36 bits per heavy atom. The highest BCUT2D eigenvalue weighted by molar-refractivity contribution is 7.14. The zero-order valence-corrected chi connectivity index (χ0v) is 14.1. The van der Waals surface area contributed by atoms with Crippen LogP contribution in [0, 0.1) is 12.8 Å². The van der Waals surface area contributed by atoms with Gasteiger partial charge in [0.1, 0.15) is 0 Å². The number of piperidine rings is 1. The van der Waals surface area contributed by atoms with Gasteiger partial charge in [0.2, 0.25) is 5.91 Å². The number of aromatic nitrogens is 1. The van der Waals surface area contributed by atoms with Crippen LogP contribution in [0.4, 0.5) is 5.13 Å². The molecule has 4 nitrogen and oxygen atoms in total. The first-order chi connectivity index (χ1) is 10.2. The molecule has 1 aromatic heterocycles. The second-order valence-electron chi connectivity index (χ2n) is 5.44. The minimum absolute atomic E-state index is 0. The number of halogens is 1. The summed E-state index contributed by atoms with van der Waals surface area (Å²) >= 11 is 1.48. The second kappa shape index (κ2) is 7.72. The van der Waals surface area contributed by atoms with Gasteiger partial charge in [0.25, 0.3) is 0 Å². The second-order valence-corrected chi connectivity index (χ2v) is 6.29. The van der Waals surface area contributed by atoms with Crippen molar-refractivity contribution >= 4 is 34.8 Å². The Bertz CT molecular complexity index is 621. The minimum atomic E-state index is 0. The molecule has 1 unspecified atom stereocenters. The summed E-state index contributed by atoms with van der Waals surface area (Å²) in [7, 11) is 0. The average molecular weight is 338 g/mol. The van der Waals surface area contributed by atoms with Crippen LogP contribution in [0.15, 0.2) is 29.6 Å². The van der Waals surface area contributed by atoms with Gasteiger partial charge in [-0.05, 0) is 26.3 Å². The standard InChI is InChI=1S/C16H19N3OS.ClH/c1-11-4-6-12(7-5-11)14-10-21-16(18-14)19-15(20)13-3-2-8-17-9-13;/h4-7,10,13,17H,2-3,8-9H2,1H3,(H,18,19,20);1H. The molecule has 1 aliphatic rings. The van der Waals surface area contributed by atoms with E-state index in [1.807, 2.05) is 5.38 Å². The molecular weight excluding hydrogens is 318 g/mol. The lowest BCUT2D eigenvalue weighted by Gasteiger charge is -2.21. The number of carbonyl (C=O) groups is 1. The predicted octanol–water partition coefficient (Wildman–Crippen LogP) is 3.48. The maximum Gasteiger partial charge on any atom is 0.230 e. The molecular formula is C16H20ClN3OS. The number of anilines is 1. The smallest absolute Gasteiger partial charge is 0.230 e. The van der Waals surface area contributed by atoms with Crippen LogP contribution >= 0.6 is 23.7 Å². The third-order valence-electron chi connectivity index (χ3n) is 3.75. The predicted molar refractivity (Wildman–Crippen MR) is 93.8 cm³/mol. The lowest BCUT2D eigenvalue weighted by Crippen LogP contribution is -2.37. The Labute approximate surface area is 140 Å². The van der Waals surface area contributed by atoms with Gasteiger partial charge in [-0.15, -0.1) is 23.7 Å². The Kier molecular flexibility index (Phi) is 5.94. The monoisotopic (exact) mass is 337 g/mol. The van der Waals surface area contributed by atoms with Gasteiger partial charge in [0.05, 0.1) is 11.6 Å². The third-order valence-corrected chi connectivity index (χ3v) is 4.51. The summed E-state index contributed by atoms with van der Waals surface area (Å²) in [6.07, 6.45) is 2.01. The number of carbonyl (C=O) groups excluding carboxylic acids is 1. The van der Waals surface area contributed by atoms with Crippen LogP contribution in [-0.2, 0) is 4.79 Å². The number of nitrogens with one attached hydrogen (secondary N) is 2. The number of thiazole rings is 1. The molecule has 0 spiro atoms. The SMILES string of the molecule is Cc1ccc(-c2csc(NC(=O)C3CCCNC3)n2)cc1.Cl. The Morgan fingerprint density at radius 3 is 2.82 bits per heavy atom. The molecule has 1 saturated heterocycles. The third kappa shape index (κ3) is 4.06. The number of hydrogen-bond donors (Lipinski definition) is 2. The highest BCUT2D eigenvalue weighted by Gasteiger charge is 2.21. The summed E-state index contributed by atoms with van der Waals surface area (Å²) in [5.74, 6) is 0.137. The lowest BCUT2D eigenvalue weighted by molar-refractivity contribution is -0.120. The van der Waals surface area contributed by atoms with Crippen molar-refractivity contribution in [1.82, 2.24) is 10.3 Å². The number of hydrogen-bond acceptors (Lipinski definition) is 4. The average Bonchev–Trinajstić information content (AvgIpc) is 2.97. The molecule has 2 aromatic rings. The number of aryl methyl sites for hydroxylation is 1. The number of amides is 1. The van der Waals surface area contributed by atoms with Crippen molar-refractivity contribution in [1.29, 1.82) is 0 Å². The van der Waals surface area contributed by atoms with Gasteiger partial charge in [0.15, 0.2) is 5.13 Å². The first-order valence-electron chi connectivity index (χ1n) is 7.26. The summed E-state index contributed by atoms with van der Waals surface area (Å²) in [5, 5.41) is 8.87. The molecule has 22 heavy (non-hydrogen) atoms. The van der Waals surface area contributed by atoms with Gasteiger partial charge in [-0.25, -0.2) is 4.98 Å². The van der Waals surface area contributed by atoms with Gasteiger partial charge < -0.3 is 10.6 Å². The van der Waals surface area contributed by atoms with Crippen LogP contribution in [0.2, 0.25) is 0 Å². The molecule has 0 radical (unpaired) electrons. The highest BCUT2D eigenvalue weighted by atomic mass is 35.5. The van der Waals surface area contributed by atoms with Crippen LogP contribution in [-0.4, -0.2) is 24.0 Å². The molecule has 0 aliphatic carbocycles. The van der Waals surface area contributed by atoms with Crippen molar-refractivity contribution < 1.29 is 4.79 Å². The van der Waals surface area contributed by atoms with E-state index < -0.39 is 0 Å². The summed E-state index contributed by atoms with van der Waals surface area (Å²) < 4.78 is 0. The van der Waals surface area contributed by atoms with E-state index in [1.54, 1.807) is 0 Å². The molecule has 2 N–H and O–H groups in total. The summed E-state index contributed by atoms with van der Waals surface area (Å²) in [5.41, 5.74) is 3.22. The zero-order valence-electron chi connectivity index (χ0n) is 12.5. The van der Waals surface area contributed by atoms with Gasteiger partial charge >= 0.3 is 0 Å². The number of benzene rings is 1. The van der Waals surface area contributed by atoms with E-state index in [-0.39, 0.29) is 24.2 Å². The Hall–Kier alpha value is -1.43. The molecule has 1 aliphatic heterocycles. The maximum atomic E-state index is 12.2.